The molecule has 0 aliphatic rings. The number of hydrogen-bond donors (Lipinski definition) is 1. The fourth-order valence-corrected chi connectivity index (χ4v) is 3.02. The van der Waals surface area contributed by atoms with E-state index in [9.17, 15) is 13.2 Å². The van der Waals surface area contributed by atoms with Crippen molar-refractivity contribution in [2.75, 3.05) is 22.9 Å². The Balaban J connectivity index is 2.16. The van der Waals surface area contributed by atoms with Crippen LogP contribution in [0.25, 0.3) is 0 Å². The molecular weight excluding hydrogens is 364 g/mol. The highest BCUT2D eigenvalue weighted by Crippen LogP contribution is 2.24. The van der Waals surface area contributed by atoms with E-state index in [1.807, 2.05) is 39.0 Å². The van der Waals surface area contributed by atoms with Gasteiger partial charge in [0.05, 0.1) is 11.9 Å². The van der Waals surface area contributed by atoms with Gasteiger partial charge in [-0.25, -0.2) is 8.42 Å². The van der Waals surface area contributed by atoms with Crippen LogP contribution in [0, 0.1) is 13.8 Å². The SMILES string of the molecule is CC[C@H](Oc1cccc(C)c1C)C(=O)Nc1cccc(N(C)S(C)(=O)=O)c1. The zero-order valence-corrected chi connectivity index (χ0v) is 17.1. The highest BCUT2D eigenvalue weighted by Gasteiger charge is 2.20. The predicted molar refractivity (Wildman–Crippen MR) is 109 cm³/mol. The molecule has 2 aromatic rings. The maximum absolute atomic E-state index is 12.7. The summed E-state index contributed by atoms with van der Waals surface area (Å²) in [6.07, 6.45) is 0.979. The summed E-state index contributed by atoms with van der Waals surface area (Å²) >= 11 is 0. The second kappa shape index (κ2) is 8.43. The van der Waals surface area contributed by atoms with E-state index in [2.05, 4.69) is 5.32 Å². The van der Waals surface area contributed by atoms with Gasteiger partial charge >= 0.3 is 0 Å². The molecule has 0 saturated heterocycles. The Bertz CT molecular complexity index is 925. The van der Waals surface area contributed by atoms with Gasteiger partial charge < -0.3 is 10.1 Å². The Morgan fingerprint density at radius 2 is 1.85 bits per heavy atom. The summed E-state index contributed by atoms with van der Waals surface area (Å²) in [5.74, 6) is 0.403. The number of rotatable bonds is 7. The summed E-state index contributed by atoms with van der Waals surface area (Å²) in [5, 5.41) is 2.81. The first-order valence-corrected chi connectivity index (χ1v) is 10.6. The average Bonchev–Trinajstić information content (AvgIpc) is 2.61. The van der Waals surface area contributed by atoms with Crippen molar-refractivity contribution < 1.29 is 17.9 Å². The van der Waals surface area contributed by atoms with Gasteiger partial charge in [-0.15, -0.1) is 0 Å². The molecule has 146 valence electrons. The largest absolute Gasteiger partial charge is 0.480 e. The van der Waals surface area contributed by atoms with Crippen molar-refractivity contribution in [3.63, 3.8) is 0 Å². The molecule has 1 atom stereocenters. The maximum atomic E-state index is 12.7. The second-order valence-electron chi connectivity index (χ2n) is 6.48. The molecule has 0 unspecified atom stereocenters. The lowest BCUT2D eigenvalue weighted by Gasteiger charge is -2.20. The van der Waals surface area contributed by atoms with Gasteiger partial charge in [0, 0.05) is 12.7 Å². The van der Waals surface area contributed by atoms with Crippen LogP contribution in [-0.4, -0.2) is 33.7 Å². The molecule has 0 aliphatic heterocycles. The number of nitrogens with one attached hydrogen (secondary N) is 1. The van der Waals surface area contributed by atoms with Crippen molar-refractivity contribution in [2.45, 2.75) is 33.3 Å². The molecule has 0 heterocycles. The summed E-state index contributed by atoms with van der Waals surface area (Å²) in [7, 11) is -1.91. The molecule has 1 amide bonds. The van der Waals surface area contributed by atoms with Crippen molar-refractivity contribution in [2.24, 2.45) is 0 Å². The van der Waals surface area contributed by atoms with Crippen LogP contribution in [0.2, 0.25) is 0 Å². The van der Waals surface area contributed by atoms with Crippen LogP contribution in [-0.2, 0) is 14.8 Å². The van der Waals surface area contributed by atoms with Crippen LogP contribution in [0.5, 0.6) is 5.75 Å². The zero-order chi connectivity index (χ0) is 20.2. The van der Waals surface area contributed by atoms with E-state index in [1.54, 1.807) is 24.3 Å². The maximum Gasteiger partial charge on any atom is 0.265 e. The van der Waals surface area contributed by atoms with Crippen LogP contribution in [0.4, 0.5) is 11.4 Å². The third-order valence-electron chi connectivity index (χ3n) is 4.46. The summed E-state index contributed by atoms with van der Waals surface area (Å²) < 4.78 is 30.5. The Labute approximate surface area is 161 Å². The minimum absolute atomic E-state index is 0.280. The van der Waals surface area contributed by atoms with Gasteiger partial charge in [0.2, 0.25) is 10.0 Å². The van der Waals surface area contributed by atoms with Crippen LogP contribution in [0.3, 0.4) is 0 Å². The quantitative estimate of drug-likeness (QED) is 0.785. The first kappa shape index (κ1) is 20.8. The number of carbonyl (C=O) groups excluding carboxylic acids is 1. The van der Waals surface area contributed by atoms with Gasteiger partial charge in [0.1, 0.15) is 5.75 Å². The fourth-order valence-electron chi connectivity index (χ4n) is 2.52. The number of anilines is 2. The van der Waals surface area contributed by atoms with Crippen LogP contribution < -0.4 is 14.4 Å². The minimum atomic E-state index is -3.38. The third-order valence-corrected chi connectivity index (χ3v) is 5.67. The Hall–Kier alpha value is -2.54. The number of sulfonamides is 1. The molecule has 0 radical (unpaired) electrons. The van der Waals surface area contributed by atoms with E-state index in [0.717, 1.165) is 21.7 Å². The molecule has 0 fully saturated rings. The van der Waals surface area contributed by atoms with Crippen molar-refractivity contribution in [3.05, 3.63) is 53.6 Å². The molecule has 1 N–H and O–H groups in total. The summed E-state index contributed by atoms with van der Waals surface area (Å²) in [4.78, 5) is 12.7. The number of nitrogens with zero attached hydrogens (tertiary/aromatic N) is 1. The molecule has 0 bridgehead atoms. The topological polar surface area (TPSA) is 75.7 Å². The molecule has 7 heteroatoms. The van der Waals surface area contributed by atoms with E-state index in [-0.39, 0.29) is 5.91 Å². The number of aryl methyl sites for hydroxylation is 1. The van der Waals surface area contributed by atoms with Crippen LogP contribution in [0.1, 0.15) is 24.5 Å². The van der Waals surface area contributed by atoms with Crippen LogP contribution >= 0.6 is 0 Å². The Kier molecular flexibility index (Phi) is 6.49. The first-order chi connectivity index (χ1) is 12.6. The molecule has 2 aromatic carbocycles. The predicted octanol–water partition coefficient (Wildman–Crippen LogP) is 3.50. The molecule has 6 nitrogen and oxygen atoms in total. The monoisotopic (exact) mass is 390 g/mol. The standard InChI is InChI=1S/C20H26N2O4S/c1-6-18(26-19-12-7-9-14(2)15(19)3)20(23)21-16-10-8-11-17(13-16)22(4)27(5,24)25/h7-13,18H,6H2,1-5H3,(H,21,23)/t18-/m0/s1. The number of ether oxygens (including phenoxy) is 1. The number of carbonyl (C=O) groups is 1. The molecule has 0 aliphatic carbocycles. The van der Waals surface area contributed by atoms with Gasteiger partial charge in [0.15, 0.2) is 6.10 Å². The molecule has 0 spiro atoms. The number of amides is 1. The second-order valence-corrected chi connectivity index (χ2v) is 8.50. The molecule has 0 saturated carbocycles. The molecule has 2 rings (SSSR count). The van der Waals surface area contributed by atoms with E-state index >= 15 is 0 Å². The average molecular weight is 391 g/mol. The smallest absolute Gasteiger partial charge is 0.265 e. The van der Waals surface area contributed by atoms with Gasteiger partial charge in [-0.3, -0.25) is 9.10 Å². The van der Waals surface area contributed by atoms with Gasteiger partial charge in [-0.2, -0.15) is 0 Å². The molecule has 0 aromatic heterocycles. The highest BCUT2D eigenvalue weighted by atomic mass is 32.2. The van der Waals surface area contributed by atoms with Crippen molar-refractivity contribution in [3.8, 4) is 5.75 Å². The van der Waals surface area contributed by atoms with E-state index in [0.29, 0.717) is 23.5 Å². The van der Waals surface area contributed by atoms with Gasteiger partial charge in [-0.05, 0) is 55.7 Å². The fraction of sp³-hybridized carbons (Fsp3) is 0.350. The van der Waals surface area contributed by atoms with Crippen molar-refractivity contribution in [1.29, 1.82) is 0 Å². The first-order valence-electron chi connectivity index (χ1n) is 8.71. The number of benzene rings is 2. The lowest BCUT2D eigenvalue weighted by molar-refractivity contribution is -0.122. The van der Waals surface area contributed by atoms with E-state index < -0.39 is 16.1 Å². The van der Waals surface area contributed by atoms with Crippen LogP contribution in [0.15, 0.2) is 42.5 Å². The lowest BCUT2D eigenvalue weighted by atomic mass is 10.1. The summed E-state index contributed by atoms with van der Waals surface area (Å²) in [6, 6.07) is 12.4. The normalized spacial score (nSPS) is 12.3. The van der Waals surface area contributed by atoms with E-state index in [1.165, 1.54) is 7.05 Å². The molecular formula is C20H26N2O4S. The Morgan fingerprint density at radius 3 is 2.48 bits per heavy atom. The minimum Gasteiger partial charge on any atom is -0.480 e. The number of hydrogen-bond acceptors (Lipinski definition) is 4. The molecule has 27 heavy (non-hydrogen) atoms. The van der Waals surface area contributed by atoms with Gasteiger partial charge in [-0.1, -0.05) is 25.1 Å². The van der Waals surface area contributed by atoms with Crippen molar-refractivity contribution >= 4 is 27.3 Å². The highest BCUT2D eigenvalue weighted by molar-refractivity contribution is 7.92. The van der Waals surface area contributed by atoms with E-state index in [4.69, 9.17) is 4.74 Å². The summed E-state index contributed by atoms with van der Waals surface area (Å²) in [5.41, 5.74) is 3.08. The van der Waals surface area contributed by atoms with Crippen molar-refractivity contribution in [1.82, 2.24) is 0 Å². The lowest BCUT2D eigenvalue weighted by Crippen LogP contribution is -2.32. The summed E-state index contributed by atoms with van der Waals surface area (Å²) in [6.45, 7) is 5.83. The third kappa shape index (κ3) is 5.23. The van der Waals surface area contributed by atoms with Gasteiger partial charge in [0.25, 0.3) is 5.91 Å². The Morgan fingerprint density at radius 1 is 1.19 bits per heavy atom. The zero-order valence-electron chi connectivity index (χ0n) is 16.3.